The summed E-state index contributed by atoms with van der Waals surface area (Å²) in [5.41, 5.74) is 4.44. The first-order chi connectivity index (χ1) is 4.90. The molecule has 0 atom stereocenters. The lowest BCUT2D eigenvalue weighted by molar-refractivity contribution is -0.145. The van der Waals surface area contributed by atoms with E-state index in [9.17, 15) is 0 Å². The summed E-state index contributed by atoms with van der Waals surface area (Å²) in [7, 11) is 0. The summed E-state index contributed by atoms with van der Waals surface area (Å²) >= 11 is 0. The van der Waals surface area contributed by atoms with E-state index in [0.29, 0.717) is 0 Å². The summed E-state index contributed by atoms with van der Waals surface area (Å²) in [6.45, 7) is 4.92. The van der Waals surface area contributed by atoms with E-state index in [2.05, 4.69) is 15.6 Å². The molecule has 4 heterocycles. The first kappa shape index (κ1) is 5.52. The third-order valence-corrected chi connectivity index (χ3v) is 2.80. The second-order valence-electron chi connectivity index (χ2n) is 3.80. The highest BCUT2D eigenvalue weighted by molar-refractivity contribution is 4.88. The second kappa shape index (κ2) is 1.72. The first-order valence-corrected chi connectivity index (χ1v) is 4.11. The van der Waals surface area contributed by atoms with Crippen molar-refractivity contribution in [3.63, 3.8) is 0 Å². The molecule has 4 fully saturated rings. The number of rotatable bonds is 0. The van der Waals surface area contributed by atoms with Crippen LogP contribution in [0.5, 0.6) is 0 Å². The van der Waals surface area contributed by atoms with Crippen molar-refractivity contribution < 1.29 is 0 Å². The summed E-state index contributed by atoms with van der Waals surface area (Å²) in [5.74, 6) is 1.87. The summed E-state index contributed by atoms with van der Waals surface area (Å²) in [4.78, 5) is 0. The molecule has 4 saturated heterocycles. The van der Waals surface area contributed by atoms with Gasteiger partial charge in [0, 0.05) is 26.2 Å². The Morgan fingerprint density at radius 2 is 1.40 bits per heavy atom. The van der Waals surface area contributed by atoms with Gasteiger partial charge in [0.1, 0.15) is 0 Å². The largest absolute Gasteiger partial charge is 0.210 e. The Labute approximate surface area is 60.9 Å². The molecule has 0 unspecified atom stereocenters. The van der Waals surface area contributed by atoms with Gasteiger partial charge in [-0.3, -0.25) is 0 Å². The van der Waals surface area contributed by atoms with Crippen LogP contribution in [0.15, 0.2) is 0 Å². The molecule has 55 valence electrons. The van der Waals surface area contributed by atoms with Gasteiger partial charge >= 0.3 is 0 Å². The van der Waals surface area contributed by atoms with Gasteiger partial charge in [-0.2, -0.15) is 0 Å². The molecule has 0 aromatic heterocycles. The van der Waals surface area contributed by atoms with E-state index in [1.54, 1.807) is 0 Å². The van der Waals surface area contributed by atoms with Crippen molar-refractivity contribution in [3.05, 3.63) is 0 Å². The van der Waals surface area contributed by atoms with Gasteiger partial charge < -0.3 is 0 Å². The topological polar surface area (TPSA) is 20.6 Å². The van der Waals surface area contributed by atoms with Gasteiger partial charge in [-0.1, -0.05) is 5.53 Å². The number of hydrogen-bond acceptors (Lipinski definition) is 2. The summed E-state index contributed by atoms with van der Waals surface area (Å²) < 4.78 is 0. The van der Waals surface area contributed by atoms with Crippen LogP contribution in [-0.4, -0.2) is 36.2 Å². The van der Waals surface area contributed by atoms with Crippen LogP contribution in [0.2, 0.25) is 0 Å². The zero-order valence-electron chi connectivity index (χ0n) is 6.03. The van der Waals surface area contributed by atoms with Crippen molar-refractivity contribution in [2.45, 2.75) is 6.42 Å². The fourth-order valence-corrected chi connectivity index (χ4v) is 2.55. The van der Waals surface area contributed by atoms with E-state index >= 15 is 0 Å². The molecule has 0 spiro atoms. The molecular formula is C7H12N3. The van der Waals surface area contributed by atoms with E-state index in [1.807, 2.05) is 0 Å². The zero-order chi connectivity index (χ0) is 6.55. The van der Waals surface area contributed by atoms with Crippen molar-refractivity contribution in [1.82, 2.24) is 15.6 Å². The normalized spacial score (nSPS) is 57.6. The number of nitrogens with zero attached hydrogens (tertiary/aromatic N) is 3. The Bertz CT molecular complexity index is 100. The molecule has 10 heavy (non-hydrogen) atoms. The van der Waals surface area contributed by atoms with Gasteiger partial charge in [-0.15, -0.1) is 0 Å². The Kier molecular flexibility index (Phi) is 0.952. The molecule has 3 nitrogen and oxygen atoms in total. The highest BCUT2D eigenvalue weighted by atomic mass is 15.8. The maximum absolute atomic E-state index is 4.44. The Hall–Kier alpha value is -0.120. The average molecular weight is 138 g/mol. The van der Waals surface area contributed by atoms with Crippen molar-refractivity contribution in [1.29, 1.82) is 0 Å². The van der Waals surface area contributed by atoms with Crippen LogP contribution in [0.4, 0.5) is 0 Å². The molecule has 0 aromatic carbocycles. The summed E-state index contributed by atoms with van der Waals surface area (Å²) in [6, 6.07) is 0. The maximum Gasteiger partial charge on any atom is 0.0203 e. The Balaban J connectivity index is 1.90. The predicted octanol–water partition coefficient (Wildman–Crippen LogP) is -0.312. The van der Waals surface area contributed by atoms with E-state index in [4.69, 9.17) is 0 Å². The number of piperidine rings is 2. The van der Waals surface area contributed by atoms with Crippen LogP contribution in [0.25, 0.3) is 0 Å². The zero-order valence-corrected chi connectivity index (χ0v) is 6.03. The van der Waals surface area contributed by atoms with Gasteiger partial charge in [-0.25, -0.2) is 10.0 Å². The second-order valence-corrected chi connectivity index (χ2v) is 3.80. The van der Waals surface area contributed by atoms with Crippen LogP contribution in [0.3, 0.4) is 0 Å². The Morgan fingerprint density at radius 1 is 0.900 bits per heavy atom. The first-order valence-electron chi connectivity index (χ1n) is 4.11. The van der Waals surface area contributed by atoms with Crippen LogP contribution < -0.4 is 5.53 Å². The molecular weight excluding hydrogens is 126 g/mol. The molecule has 3 heteroatoms. The predicted molar refractivity (Wildman–Crippen MR) is 36.9 cm³/mol. The molecule has 0 aliphatic carbocycles. The van der Waals surface area contributed by atoms with Crippen LogP contribution in [-0.2, 0) is 0 Å². The molecule has 0 aromatic rings. The molecule has 0 saturated carbocycles. The lowest BCUT2D eigenvalue weighted by Crippen LogP contribution is -2.65. The fourth-order valence-electron chi connectivity index (χ4n) is 2.55. The third kappa shape index (κ3) is 0.654. The minimum atomic E-state index is 0.935. The highest BCUT2D eigenvalue weighted by Gasteiger charge is 2.40. The molecule has 4 rings (SSSR count). The quantitative estimate of drug-likeness (QED) is 0.457. The SMILES string of the molecule is C1C2CN3CC1CN(C2)[N]3. The van der Waals surface area contributed by atoms with Crippen molar-refractivity contribution in [2.75, 3.05) is 26.2 Å². The van der Waals surface area contributed by atoms with Gasteiger partial charge in [0.15, 0.2) is 0 Å². The van der Waals surface area contributed by atoms with Crippen LogP contribution in [0, 0.1) is 11.8 Å². The average Bonchev–Trinajstić information content (AvgIpc) is 1.82. The molecule has 0 N–H and O–H groups in total. The van der Waals surface area contributed by atoms with Crippen molar-refractivity contribution in [2.24, 2.45) is 11.8 Å². The van der Waals surface area contributed by atoms with Gasteiger partial charge in [0.2, 0.25) is 0 Å². The lowest BCUT2D eigenvalue weighted by Gasteiger charge is -2.51. The number of hydrogen-bond donors (Lipinski definition) is 0. The van der Waals surface area contributed by atoms with Gasteiger partial charge in [-0.05, 0) is 18.3 Å². The van der Waals surface area contributed by atoms with E-state index in [-0.39, 0.29) is 0 Å². The smallest absolute Gasteiger partial charge is 0.0203 e. The van der Waals surface area contributed by atoms with E-state index < -0.39 is 0 Å². The highest BCUT2D eigenvalue weighted by Crippen LogP contribution is 2.31. The fraction of sp³-hybridized carbons (Fsp3) is 1.00. The van der Waals surface area contributed by atoms with Gasteiger partial charge in [0.25, 0.3) is 0 Å². The monoisotopic (exact) mass is 138 g/mol. The van der Waals surface area contributed by atoms with Crippen LogP contribution >= 0.6 is 0 Å². The van der Waals surface area contributed by atoms with Crippen molar-refractivity contribution >= 4 is 0 Å². The van der Waals surface area contributed by atoms with Crippen LogP contribution in [0.1, 0.15) is 6.42 Å². The standard InChI is InChI=1S/C7H12N3/c1-6-2-9-4-7(1)5-10(3-6)8-9/h6-7H,1-5H2. The molecule has 0 amide bonds. The summed E-state index contributed by atoms with van der Waals surface area (Å²) in [5, 5.41) is 4.48. The maximum atomic E-state index is 4.44. The van der Waals surface area contributed by atoms with E-state index in [1.165, 1.54) is 32.6 Å². The minimum absolute atomic E-state index is 0.935. The molecule has 4 aliphatic heterocycles. The molecule has 4 bridgehead atoms. The lowest BCUT2D eigenvalue weighted by atomic mass is 9.85. The summed E-state index contributed by atoms with van der Waals surface area (Å²) in [6.07, 6.45) is 1.46. The van der Waals surface area contributed by atoms with E-state index in [0.717, 1.165) is 11.8 Å². The minimum Gasteiger partial charge on any atom is -0.210 e. The Morgan fingerprint density at radius 3 is 1.80 bits per heavy atom. The molecule has 4 aliphatic rings. The third-order valence-electron chi connectivity index (χ3n) is 2.80. The molecule has 1 radical (unpaired) electrons. The van der Waals surface area contributed by atoms with Gasteiger partial charge in [0.05, 0.1) is 0 Å². The van der Waals surface area contributed by atoms with Crippen molar-refractivity contribution in [3.8, 4) is 0 Å².